The molecule has 3 rings (SSSR count). The molecule has 1 unspecified atom stereocenters. The first-order valence-corrected chi connectivity index (χ1v) is 6.60. The largest absolute Gasteiger partial charge is 0.316 e. The van der Waals surface area contributed by atoms with E-state index in [0.29, 0.717) is 0 Å². The highest BCUT2D eigenvalue weighted by atomic mass is 35.5. The van der Waals surface area contributed by atoms with Crippen molar-refractivity contribution in [3.8, 4) is 0 Å². The average molecular weight is 343 g/mol. The van der Waals surface area contributed by atoms with Crippen LogP contribution in [0.15, 0.2) is 37.1 Å². The minimum Gasteiger partial charge on any atom is -0.316 e. The molecule has 22 heavy (non-hydrogen) atoms. The van der Waals surface area contributed by atoms with Crippen LogP contribution in [0.5, 0.6) is 0 Å². The molecule has 0 saturated heterocycles. The highest BCUT2D eigenvalue weighted by Crippen LogP contribution is 2.20. The number of benzene rings is 1. The summed E-state index contributed by atoms with van der Waals surface area (Å²) in [5.41, 5.74) is 2.36. The van der Waals surface area contributed by atoms with Crippen LogP contribution in [0.25, 0.3) is 10.9 Å². The minimum absolute atomic E-state index is 0. The van der Waals surface area contributed by atoms with Crippen LogP contribution in [0.1, 0.15) is 18.7 Å². The van der Waals surface area contributed by atoms with Gasteiger partial charge >= 0.3 is 0 Å². The molecule has 0 N–H and O–H groups in total. The summed E-state index contributed by atoms with van der Waals surface area (Å²) < 4.78 is 4.00. The van der Waals surface area contributed by atoms with Crippen LogP contribution >= 0.6 is 24.8 Å². The average Bonchev–Trinajstić information content (AvgIpc) is 3.06. The summed E-state index contributed by atoms with van der Waals surface area (Å²) in [6, 6.07) is 6.41. The van der Waals surface area contributed by atoms with Crippen LogP contribution in [0.2, 0.25) is 0 Å². The Bertz CT molecular complexity index is 707. The third kappa shape index (κ3) is 3.58. The van der Waals surface area contributed by atoms with Crippen molar-refractivity contribution in [1.29, 1.82) is 0 Å². The molecular weight excluding hydrogens is 323 g/mol. The number of hydrogen-bond donors (Lipinski definition) is 0. The fourth-order valence-electron chi connectivity index (χ4n) is 2.21. The molecule has 8 heteroatoms. The third-order valence-electron chi connectivity index (χ3n) is 3.60. The van der Waals surface area contributed by atoms with Gasteiger partial charge in [0.05, 0.1) is 18.3 Å². The summed E-state index contributed by atoms with van der Waals surface area (Å²) in [5, 5.41) is 13.3. The van der Waals surface area contributed by atoms with E-state index >= 15 is 0 Å². The van der Waals surface area contributed by atoms with E-state index in [1.54, 1.807) is 12.7 Å². The summed E-state index contributed by atoms with van der Waals surface area (Å²) in [6.45, 7) is 2.91. The molecule has 0 aliphatic heterocycles. The molecule has 1 aromatic carbocycles. The smallest absolute Gasteiger partial charge is 0.119 e. The summed E-state index contributed by atoms with van der Waals surface area (Å²) in [7, 11) is 4.11. The summed E-state index contributed by atoms with van der Waals surface area (Å²) >= 11 is 0. The lowest BCUT2D eigenvalue weighted by molar-refractivity contribution is 0.226. The van der Waals surface area contributed by atoms with Crippen molar-refractivity contribution >= 4 is 35.7 Å². The van der Waals surface area contributed by atoms with Crippen LogP contribution in [0.3, 0.4) is 0 Å². The van der Waals surface area contributed by atoms with Crippen molar-refractivity contribution in [1.82, 2.24) is 29.4 Å². The van der Waals surface area contributed by atoms with Gasteiger partial charge in [0.2, 0.25) is 0 Å². The van der Waals surface area contributed by atoms with E-state index in [-0.39, 0.29) is 31.0 Å². The first-order valence-electron chi connectivity index (χ1n) is 6.60. The summed E-state index contributed by atoms with van der Waals surface area (Å²) in [5.74, 6) is 0. The van der Waals surface area contributed by atoms with E-state index in [4.69, 9.17) is 0 Å². The fourth-order valence-corrected chi connectivity index (χ4v) is 2.21. The molecule has 3 aromatic rings. The van der Waals surface area contributed by atoms with Crippen molar-refractivity contribution in [3.63, 3.8) is 0 Å². The molecule has 0 aliphatic carbocycles. The van der Waals surface area contributed by atoms with Crippen molar-refractivity contribution < 1.29 is 0 Å². The first-order chi connectivity index (χ1) is 9.65. The highest BCUT2D eigenvalue weighted by Gasteiger charge is 2.12. The molecular formula is C14H20Cl2N6. The topological polar surface area (TPSA) is 51.8 Å². The van der Waals surface area contributed by atoms with Crippen LogP contribution in [-0.2, 0) is 6.54 Å². The quantitative estimate of drug-likeness (QED) is 0.731. The number of hydrogen-bond acceptors (Lipinski definition) is 4. The Kier molecular flexibility index (Phi) is 6.34. The predicted octanol–water partition coefficient (Wildman–Crippen LogP) is 2.60. The molecule has 0 spiro atoms. The molecule has 0 saturated carbocycles. The van der Waals surface area contributed by atoms with Crippen molar-refractivity contribution in [2.75, 3.05) is 14.1 Å². The van der Waals surface area contributed by atoms with Crippen LogP contribution < -0.4 is 0 Å². The second-order valence-corrected chi connectivity index (χ2v) is 5.21. The second kappa shape index (κ2) is 7.58. The van der Waals surface area contributed by atoms with E-state index in [1.165, 1.54) is 5.56 Å². The van der Waals surface area contributed by atoms with Gasteiger partial charge in [-0.1, -0.05) is 12.1 Å². The molecule has 0 amide bonds. The van der Waals surface area contributed by atoms with E-state index in [0.717, 1.165) is 17.4 Å². The maximum atomic E-state index is 4.50. The van der Waals surface area contributed by atoms with E-state index in [1.807, 2.05) is 15.4 Å². The van der Waals surface area contributed by atoms with Gasteiger partial charge in [0.25, 0.3) is 0 Å². The molecule has 1 atom stereocenters. The van der Waals surface area contributed by atoms with Gasteiger partial charge in [-0.15, -0.1) is 35.0 Å². The predicted molar refractivity (Wildman–Crippen MR) is 91.8 cm³/mol. The van der Waals surface area contributed by atoms with E-state index in [9.17, 15) is 0 Å². The normalized spacial score (nSPS) is 12.0. The van der Waals surface area contributed by atoms with Crippen molar-refractivity contribution in [3.05, 3.63) is 42.6 Å². The third-order valence-corrected chi connectivity index (χ3v) is 3.60. The Hall–Kier alpha value is -1.63. The van der Waals surface area contributed by atoms with Gasteiger partial charge in [-0.05, 0) is 32.6 Å². The maximum absolute atomic E-state index is 4.50. The monoisotopic (exact) mass is 342 g/mol. The Morgan fingerprint density at radius 3 is 2.45 bits per heavy atom. The molecule has 120 valence electrons. The van der Waals surface area contributed by atoms with Crippen LogP contribution in [-0.4, -0.2) is 43.5 Å². The lowest BCUT2D eigenvalue weighted by Gasteiger charge is -2.21. The molecule has 6 nitrogen and oxygen atoms in total. The van der Waals surface area contributed by atoms with Crippen molar-refractivity contribution in [2.45, 2.75) is 19.6 Å². The standard InChI is InChI=1S/C14H18N6.2ClH/c1-11(18(2)3)20-14-6-12(4-5-13(14)7-17-20)8-19-9-15-16-10-19;;/h4-7,9-11H,8H2,1-3H3;2*1H. The fraction of sp³-hybridized carbons (Fsp3) is 0.357. The van der Waals surface area contributed by atoms with Crippen LogP contribution in [0, 0.1) is 0 Å². The Labute approximate surface area is 141 Å². The summed E-state index contributed by atoms with van der Waals surface area (Å²) in [4.78, 5) is 2.14. The zero-order valence-electron chi connectivity index (χ0n) is 12.7. The first kappa shape index (κ1) is 18.4. The zero-order valence-corrected chi connectivity index (χ0v) is 14.4. The van der Waals surface area contributed by atoms with Crippen LogP contribution in [0.4, 0.5) is 0 Å². The van der Waals surface area contributed by atoms with Gasteiger partial charge in [-0.3, -0.25) is 4.90 Å². The lowest BCUT2D eigenvalue weighted by atomic mass is 10.1. The second-order valence-electron chi connectivity index (χ2n) is 5.21. The number of nitrogens with zero attached hydrogens (tertiary/aromatic N) is 6. The van der Waals surface area contributed by atoms with Gasteiger partial charge in [0.15, 0.2) is 0 Å². The SMILES string of the molecule is CC(N(C)C)n1ncc2ccc(Cn3cnnc3)cc21.Cl.Cl. The molecule has 0 radical (unpaired) electrons. The van der Waals surface area contributed by atoms with E-state index < -0.39 is 0 Å². The summed E-state index contributed by atoms with van der Waals surface area (Å²) in [6.07, 6.45) is 5.59. The van der Waals surface area contributed by atoms with Gasteiger partial charge in [0, 0.05) is 5.39 Å². The molecule has 0 bridgehead atoms. The van der Waals surface area contributed by atoms with Gasteiger partial charge in [-0.25, -0.2) is 4.68 Å². The number of fused-ring (bicyclic) bond motifs is 1. The molecule has 2 aromatic heterocycles. The Balaban J connectivity index is 0.00000121. The van der Waals surface area contributed by atoms with Gasteiger partial charge in [0.1, 0.15) is 18.8 Å². The number of halogens is 2. The molecule has 2 heterocycles. The number of rotatable bonds is 4. The zero-order chi connectivity index (χ0) is 14.1. The van der Waals surface area contributed by atoms with Crippen molar-refractivity contribution in [2.24, 2.45) is 0 Å². The minimum atomic E-state index is 0. The molecule has 0 fully saturated rings. The lowest BCUT2D eigenvalue weighted by Crippen LogP contribution is -2.23. The highest BCUT2D eigenvalue weighted by molar-refractivity contribution is 5.85. The number of aromatic nitrogens is 5. The Morgan fingerprint density at radius 2 is 1.82 bits per heavy atom. The molecule has 0 aliphatic rings. The van der Waals surface area contributed by atoms with Gasteiger partial charge in [-0.2, -0.15) is 5.10 Å². The Morgan fingerprint density at radius 1 is 1.14 bits per heavy atom. The maximum Gasteiger partial charge on any atom is 0.119 e. The van der Waals surface area contributed by atoms with Gasteiger partial charge < -0.3 is 4.57 Å². The van der Waals surface area contributed by atoms with E-state index in [2.05, 4.69) is 59.4 Å².